The predicted molar refractivity (Wildman–Crippen MR) is 68.3 cm³/mol. The van der Waals surface area contributed by atoms with E-state index in [0.717, 1.165) is 16.9 Å². The molecular weight excluding hydrogens is 274 g/mol. The summed E-state index contributed by atoms with van der Waals surface area (Å²) >= 11 is 2.49. The zero-order chi connectivity index (χ0) is 13.1. The van der Waals surface area contributed by atoms with Crippen LogP contribution in [0, 0.1) is 0 Å². The van der Waals surface area contributed by atoms with E-state index < -0.39 is 11.9 Å². The predicted octanol–water partition coefficient (Wildman–Crippen LogP) is 2.75. The molecule has 0 unspecified atom stereocenters. The molecule has 0 amide bonds. The third-order valence-corrected chi connectivity index (χ3v) is 3.83. The molecule has 1 N–H and O–H groups in total. The van der Waals surface area contributed by atoms with Crippen LogP contribution in [0.5, 0.6) is 0 Å². The molecule has 0 spiro atoms. The van der Waals surface area contributed by atoms with Crippen molar-refractivity contribution < 1.29 is 19.4 Å². The zero-order valence-electron chi connectivity index (χ0n) is 9.37. The number of aromatic carboxylic acids is 1. The molecule has 0 saturated carbocycles. The van der Waals surface area contributed by atoms with E-state index in [0.29, 0.717) is 4.88 Å². The van der Waals surface area contributed by atoms with Crippen LogP contribution in [0.2, 0.25) is 0 Å². The highest BCUT2D eigenvalue weighted by atomic mass is 32.1. The molecule has 5 nitrogen and oxygen atoms in total. The number of carbonyl (C=O) groups is 2. The maximum absolute atomic E-state index is 11.5. The Morgan fingerprint density at radius 3 is 2.83 bits per heavy atom. The minimum atomic E-state index is -1.15. The highest BCUT2D eigenvalue weighted by Gasteiger charge is 2.23. The van der Waals surface area contributed by atoms with E-state index in [1.54, 1.807) is 13.0 Å². The Morgan fingerprint density at radius 2 is 2.28 bits per heavy atom. The van der Waals surface area contributed by atoms with Gasteiger partial charge in [-0.25, -0.2) is 14.6 Å². The molecule has 0 aliphatic heterocycles. The second-order valence-electron chi connectivity index (χ2n) is 3.23. The molecule has 94 valence electrons. The van der Waals surface area contributed by atoms with Crippen molar-refractivity contribution in [2.24, 2.45) is 0 Å². The van der Waals surface area contributed by atoms with Gasteiger partial charge in [0.2, 0.25) is 5.01 Å². The number of carboxylic acids is 1. The normalized spacial score (nSPS) is 10.3. The van der Waals surface area contributed by atoms with Gasteiger partial charge in [-0.3, -0.25) is 0 Å². The minimum absolute atomic E-state index is 0.0652. The first-order chi connectivity index (χ1) is 8.63. The highest BCUT2D eigenvalue weighted by Crippen LogP contribution is 2.32. The van der Waals surface area contributed by atoms with Gasteiger partial charge < -0.3 is 9.84 Å². The Balaban J connectivity index is 2.45. The second-order valence-corrected chi connectivity index (χ2v) is 5.01. The standard InChI is InChI=1S/C11H9NO4S2/c1-2-16-11(15)9-12-7(10(13)14)8(18-9)6-3-4-17-5-6/h3-5H,2H2,1H3,(H,13,14). The molecule has 0 atom stereocenters. The van der Waals surface area contributed by atoms with E-state index in [1.807, 2.05) is 10.8 Å². The molecule has 0 saturated heterocycles. The second kappa shape index (κ2) is 5.28. The largest absolute Gasteiger partial charge is 0.476 e. The van der Waals surface area contributed by atoms with E-state index in [9.17, 15) is 9.59 Å². The van der Waals surface area contributed by atoms with Crippen LogP contribution in [0.25, 0.3) is 10.4 Å². The van der Waals surface area contributed by atoms with Crippen molar-refractivity contribution in [2.45, 2.75) is 6.92 Å². The summed E-state index contributed by atoms with van der Waals surface area (Å²) in [6.45, 7) is 1.91. The first kappa shape index (κ1) is 12.7. The van der Waals surface area contributed by atoms with Crippen LogP contribution in [-0.4, -0.2) is 28.6 Å². The Bertz CT molecular complexity index is 574. The van der Waals surface area contributed by atoms with Crippen molar-refractivity contribution in [2.75, 3.05) is 6.61 Å². The average Bonchev–Trinajstić information content (AvgIpc) is 2.98. The van der Waals surface area contributed by atoms with Gasteiger partial charge in [0.15, 0.2) is 5.69 Å². The van der Waals surface area contributed by atoms with Crippen molar-refractivity contribution >= 4 is 34.6 Å². The lowest BCUT2D eigenvalue weighted by molar-refractivity contribution is 0.0526. The van der Waals surface area contributed by atoms with Crippen molar-refractivity contribution in [3.8, 4) is 10.4 Å². The fourth-order valence-corrected chi connectivity index (χ4v) is 3.00. The van der Waals surface area contributed by atoms with Gasteiger partial charge in [0, 0.05) is 5.56 Å². The number of ether oxygens (including phenoxy) is 1. The van der Waals surface area contributed by atoms with E-state index in [1.165, 1.54) is 11.3 Å². The lowest BCUT2D eigenvalue weighted by Gasteiger charge is -1.95. The van der Waals surface area contributed by atoms with Gasteiger partial charge in [-0.1, -0.05) is 0 Å². The summed E-state index contributed by atoms with van der Waals surface area (Å²) < 4.78 is 4.81. The van der Waals surface area contributed by atoms with Crippen molar-refractivity contribution in [3.05, 3.63) is 27.5 Å². The number of thiazole rings is 1. The molecule has 2 heterocycles. The number of rotatable bonds is 4. The fraction of sp³-hybridized carbons (Fsp3) is 0.182. The molecule has 0 aromatic carbocycles. The van der Waals surface area contributed by atoms with Crippen LogP contribution in [0.4, 0.5) is 0 Å². The SMILES string of the molecule is CCOC(=O)c1nc(C(=O)O)c(-c2ccsc2)s1. The van der Waals surface area contributed by atoms with Gasteiger partial charge in [-0.15, -0.1) is 11.3 Å². The fourth-order valence-electron chi connectivity index (χ4n) is 1.33. The van der Waals surface area contributed by atoms with Crippen LogP contribution < -0.4 is 0 Å². The van der Waals surface area contributed by atoms with E-state index in [-0.39, 0.29) is 17.3 Å². The Labute approximate surface area is 111 Å². The average molecular weight is 283 g/mol. The van der Waals surface area contributed by atoms with Crippen LogP contribution in [0.3, 0.4) is 0 Å². The third-order valence-electron chi connectivity index (χ3n) is 2.06. The number of hydrogen-bond donors (Lipinski definition) is 1. The van der Waals surface area contributed by atoms with Gasteiger partial charge >= 0.3 is 11.9 Å². The number of carbonyl (C=O) groups excluding carboxylic acids is 1. The van der Waals surface area contributed by atoms with Gasteiger partial charge in [0.25, 0.3) is 0 Å². The van der Waals surface area contributed by atoms with E-state index in [2.05, 4.69) is 4.98 Å². The number of carboxylic acid groups (broad SMARTS) is 1. The molecule has 2 aromatic rings. The maximum atomic E-state index is 11.5. The summed E-state index contributed by atoms with van der Waals surface area (Å²) in [4.78, 5) is 27.0. The van der Waals surface area contributed by atoms with E-state index in [4.69, 9.17) is 9.84 Å². The monoisotopic (exact) mass is 283 g/mol. The summed E-state index contributed by atoms with van der Waals surface area (Å²) in [6.07, 6.45) is 0. The molecule has 0 aliphatic rings. The number of thiophene rings is 1. The minimum Gasteiger partial charge on any atom is -0.476 e. The molecule has 18 heavy (non-hydrogen) atoms. The maximum Gasteiger partial charge on any atom is 0.367 e. The third kappa shape index (κ3) is 2.41. The van der Waals surface area contributed by atoms with Crippen LogP contribution in [-0.2, 0) is 4.74 Å². The van der Waals surface area contributed by atoms with Crippen LogP contribution in [0.1, 0.15) is 27.2 Å². The number of hydrogen-bond acceptors (Lipinski definition) is 6. The van der Waals surface area contributed by atoms with Gasteiger partial charge in [0.05, 0.1) is 11.5 Å². The van der Waals surface area contributed by atoms with Crippen LogP contribution >= 0.6 is 22.7 Å². The lowest BCUT2D eigenvalue weighted by Crippen LogP contribution is -2.05. The topological polar surface area (TPSA) is 76.5 Å². The zero-order valence-corrected chi connectivity index (χ0v) is 11.0. The molecule has 0 aliphatic carbocycles. The Hall–Kier alpha value is -1.73. The quantitative estimate of drug-likeness (QED) is 0.873. The smallest absolute Gasteiger partial charge is 0.367 e. The molecule has 0 fully saturated rings. The van der Waals surface area contributed by atoms with Crippen molar-refractivity contribution in [3.63, 3.8) is 0 Å². The lowest BCUT2D eigenvalue weighted by atomic mass is 10.2. The Kier molecular flexibility index (Phi) is 3.73. The first-order valence-electron chi connectivity index (χ1n) is 5.07. The molecule has 2 aromatic heterocycles. The first-order valence-corrected chi connectivity index (χ1v) is 6.83. The van der Waals surface area contributed by atoms with Gasteiger partial charge in [-0.2, -0.15) is 11.3 Å². The van der Waals surface area contributed by atoms with E-state index >= 15 is 0 Å². The number of esters is 1. The molecule has 0 bridgehead atoms. The summed E-state index contributed by atoms with van der Waals surface area (Å²) in [7, 11) is 0. The Morgan fingerprint density at radius 1 is 1.50 bits per heavy atom. The van der Waals surface area contributed by atoms with Gasteiger partial charge in [0.1, 0.15) is 0 Å². The van der Waals surface area contributed by atoms with Crippen LogP contribution in [0.15, 0.2) is 16.8 Å². The summed E-state index contributed by atoms with van der Waals surface area (Å²) in [5, 5.41) is 12.8. The highest BCUT2D eigenvalue weighted by molar-refractivity contribution is 7.17. The summed E-state index contributed by atoms with van der Waals surface area (Å²) in [5.74, 6) is -1.74. The molecule has 2 rings (SSSR count). The van der Waals surface area contributed by atoms with Gasteiger partial charge in [-0.05, 0) is 23.8 Å². The summed E-state index contributed by atoms with van der Waals surface area (Å²) in [5.41, 5.74) is 0.645. The van der Waals surface area contributed by atoms with Crippen molar-refractivity contribution in [1.29, 1.82) is 0 Å². The summed E-state index contributed by atoms with van der Waals surface area (Å²) in [6, 6.07) is 1.79. The molecular formula is C11H9NO4S2. The number of aromatic nitrogens is 1. The molecule has 0 radical (unpaired) electrons. The number of nitrogens with zero attached hydrogens (tertiary/aromatic N) is 1. The molecule has 7 heteroatoms. The van der Waals surface area contributed by atoms with Crippen molar-refractivity contribution in [1.82, 2.24) is 4.98 Å².